The number of ether oxygens (including phenoxy) is 3. The summed E-state index contributed by atoms with van der Waals surface area (Å²) in [6.45, 7) is 6.45. The van der Waals surface area contributed by atoms with Crippen LogP contribution in [0.5, 0.6) is 5.75 Å². The van der Waals surface area contributed by atoms with E-state index in [1.54, 1.807) is 0 Å². The lowest BCUT2D eigenvalue weighted by Crippen LogP contribution is -2.46. The van der Waals surface area contributed by atoms with Gasteiger partial charge in [-0.25, -0.2) is 0 Å². The molecule has 0 radical (unpaired) electrons. The van der Waals surface area contributed by atoms with Gasteiger partial charge in [-0.3, -0.25) is 14.4 Å². The van der Waals surface area contributed by atoms with Gasteiger partial charge >= 0.3 is 17.9 Å². The lowest BCUT2D eigenvalue weighted by atomic mass is 9.55. The number of fused-ring (bicyclic) bond motifs is 5. The smallest absolute Gasteiger partial charge is 0.308 e. The van der Waals surface area contributed by atoms with Gasteiger partial charge in [0.2, 0.25) is 0 Å². The fraction of sp³-hybridized carbons (Fsp3) is 0.625. The highest BCUT2D eigenvalue weighted by Crippen LogP contribution is 2.62. The minimum Gasteiger partial charge on any atom is -0.459 e. The van der Waals surface area contributed by atoms with Gasteiger partial charge in [0, 0.05) is 26.2 Å². The maximum absolute atomic E-state index is 11.8. The van der Waals surface area contributed by atoms with Gasteiger partial charge in [0.1, 0.15) is 18.0 Å². The van der Waals surface area contributed by atoms with Crippen LogP contribution in [0.25, 0.3) is 0 Å². The molecule has 2 saturated carbocycles. The first-order valence-electron chi connectivity index (χ1n) is 10.8. The van der Waals surface area contributed by atoms with Crippen molar-refractivity contribution in [3.8, 4) is 5.75 Å². The summed E-state index contributed by atoms with van der Waals surface area (Å²) in [4.78, 5) is 34.8. The molecule has 0 unspecified atom stereocenters. The van der Waals surface area contributed by atoms with Crippen LogP contribution in [0.15, 0.2) is 18.2 Å². The standard InChI is InChI=1S/C24H30O6/c1-13(25)28-17-6-8-18-16(11-17)5-7-20-19(18)9-10-24(4)21(20)12-22(29-14(2)26)23(24)30-15(3)27/h6,8,11,19-23H,5,7,9-10,12H2,1-4H3/t19-,20+,21-,22+,23+,24-/m0/s1. The molecular formula is C24H30O6. The molecule has 0 heterocycles. The monoisotopic (exact) mass is 414 g/mol. The molecule has 0 amide bonds. The minimum absolute atomic E-state index is 0.192. The number of rotatable bonds is 3. The van der Waals surface area contributed by atoms with Gasteiger partial charge in [-0.2, -0.15) is 0 Å². The number of esters is 3. The molecule has 1 aromatic rings. The van der Waals surface area contributed by atoms with Crippen molar-refractivity contribution in [2.45, 2.75) is 77.9 Å². The summed E-state index contributed by atoms with van der Waals surface area (Å²) < 4.78 is 16.6. The van der Waals surface area contributed by atoms with E-state index >= 15 is 0 Å². The van der Waals surface area contributed by atoms with Crippen LogP contribution in [0.1, 0.15) is 70.4 Å². The van der Waals surface area contributed by atoms with E-state index in [4.69, 9.17) is 14.2 Å². The summed E-state index contributed by atoms with van der Waals surface area (Å²) in [5.41, 5.74) is 2.40. The lowest BCUT2D eigenvalue weighted by Gasteiger charge is -2.50. The largest absolute Gasteiger partial charge is 0.459 e. The number of carbonyl (C=O) groups is 3. The van der Waals surface area contributed by atoms with Crippen LogP contribution in [0.2, 0.25) is 0 Å². The van der Waals surface area contributed by atoms with Crippen LogP contribution in [0.3, 0.4) is 0 Å². The zero-order chi connectivity index (χ0) is 21.6. The molecule has 0 spiro atoms. The SMILES string of the molecule is CC(=O)Oc1ccc2c(c1)CC[C@@H]1[C@H]2CC[C@]2(C)[C@H](OC(C)=O)[C@H](OC(C)=O)C[C@@H]12. The average Bonchev–Trinajstić information content (AvgIpc) is 2.92. The first-order chi connectivity index (χ1) is 14.2. The Balaban J connectivity index is 1.62. The van der Waals surface area contributed by atoms with E-state index in [9.17, 15) is 14.4 Å². The van der Waals surface area contributed by atoms with Gasteiger partial charge in [-0.05, 0) is 73.1 Å². The molecule has 0 saturated heterocycles. The Morgan fingerprint density at radius 1 is 1.00 bits per heavy atom. The van der Waals surface area contributed by atoms with Gasteiger partial charge in [-0.15, -0.1) is 0 Å². The maximum atomic E-state index is 11.8. The molecule has 1 aromatic carbocycles. The van der Waals surface area contributed by atoms with Crippen LogP contribution in [0, 0.1) is 17.3 Å². The van der Waals surface area contributed by atoms with E-state index in [-0.39, 0.29) is 29.4 Å². The van der Waals surface area contributed by atoms with Gasteiger partial charge < -0.3 is 14.2 Å². The Bertz CT molecular complexity index is 876. The summed E-state index contributed by atoms with van der Waals surface area (Å²) in [5.74, 6) is 0.839. The summed E-state index contributed by atoms with van der Waals surface area (Å²) >= 11 is 0. The van der Waals surface area contributed by atoms with Crippen LogP contribution in [0.4, 0.5) is 0 Å². The van der Waals surface area contributed by atoms with Crippen molar-refractivity contribution >= 4 is 17.9 Å². The number of aryl methyl sites for hydroxylation is 1. The molecule has 0 aliphatic heterocycles. The molecule has 0 bridgehead atoms. The zero-order valence-corrected chi connectivity index (χ0v) is 18.1. The van der Waals surface area contributed by atoms with Gasteiger partial charge in [0.05, 0.1) is 0 Å². The van der Waals surface area contributed by atoms with Crippen molar-refractivity contribution in [2.75, 3.05) is 0 Å². The Hall–Kier alpha value is -2.37. The quantitative estimate of drug-likeness (QED) is 0.551. The second-order valence-electron chi connectivity index (χ2n) is 9.33. The van der Waals surface area contributed by atoms with Gasteiger partial charge in [0.15, 0.2) is 0 Å². The van der Waals surface area contributed by atoms with Crippen molar-refractivity contribution in [3.63, 3.8) is 0 Å². The van der Waals surface area contributed by atoms with Crippen molar-refractivity contribution < 1.29 is 28.6 Å². The van der Waals surface area contributed by atoms with Gasteiger partial charge in [-0.1, -0.05) is 13.0 Å². The van der Waals surface area contributed by atoms with Crippen molar-refractivity contribution in [3.05, 3.63) is 29.3 Å². The van der Waals surface area contributed by atoms with E-state index in [0.29, 0.717) is 23.5 Å². The molecule has 30 heavy (non-hydrogen) atoms. The van der Waals surface area contributed by atoms with Gasteiger partial charge in [0.25, 0.3) is 0 Å². The third-order valence-electron chi connectivity index (χ3n) is 7.48. The number of hydrogen-bond acceptors (Lipinski definition) is 6. The molecule has 0 N–H and O–H groups in total. The Kier molecular flexibility index (Phi) is 5.37. The highest BCUT2D eigenvalue weighted by Gasteiger charge is 2.61. The molecule has 6 heteroatoms. The number of hydrogen-bond donors (Lipinski definition) is 0. The Morgan fingerprint density at radius 3 is 2.40 bits per heavy atom. The van der Waals surface area contributed by atoms with Crippen LogP contribution in [-0.4, -0.2) is 30.1 Å². The number of benzene rings is 1. The molecule has 3 aliphatic carbocycles. The lowest BCUT2D eigenvalue weighted by molar-refractivity contribution is -0.171. The summed E-state index contributed by atoms with van der Waals surface area (Å²) in [5, 5.41) is 0. The van der Waals surface area contributed by atoms with Crippen LogP contribution >= 0.6 is 0 Å². The minimum atomic E-state index is -0.391. The van der Waals surface area contributed by atoms with E-state index in [2.05, 4.69) is 13.0 Å². The van der Waals surface area contributed by atoms with Crippen LogP contribution in [-0.2, 0) is 30.3 Å². The predicted octanol–water partition coefficient (Wildman–Crippen LogP) is 3.94. The molecule has 6 atom stereocenters. The summed E-state index contributed by atoms with van der Waals surface area (Å²) in [6, 6.07) is 5.99. The zero-order valence-electron chi connectivity index (χ0n) is 18.1. The average molecular weight is 414 g/mol. The second-order valence-corrected chi connectivity index (χ2v) is 9.33. The Labute approximate surface area is 177 Å². The van der Waals surface area contributed by atoms with E-state index in [1.807, 2.05) is 12.1 Å². The van der Waals surface area contributed by atoms with Crippen molar-refractivity contribution in [1.29, 1.82) is 0 Å². The van der Waals surface area contributed by atoms with Crippen LogP contribution < -0.4 is 4.74 Å². The topological polar surface area (TPSA) is 78.9 Å². The fourth-order valence-corrected chi connectivity index (χ4v) is 6.44. The summed E-state index contributed by atoms with van der Waals surface area (Å²) in [6.07, 6.45) is 3.83. The normalized spacial score (nSPS) is 34.2. The third-order valence-corrected chi connectivity index (χ3v) is 7.48. The summed E-state index contributed by atoms with van der Waals surface area (Å²) in [7, 11) is 0. The fourth-order valence-electron chi connectivity index (χ4n) is 6.44. The second kappa shape index (κ2) is 7.71. The predicted molar refractivity (Wildman–Crippen MR) is 109 cm³/mol. The van der Waals surface area contributed by atoms with Crippen molar-refractivity contribution in [2.24, 2.45) is 17.3 Å². The maximum Gasteiger partial charge on any atom is 0.308 e. The molecule has 162 valence electrons. The Morgan fingerprint density at radius 2 is 1.73 bits per heavy atom. The van der Waals surface area contributed by atoms with E-state index < -0.39 is 6.10 Å². The first-order valence-corrected chi connectivity index (χ1v) is 10.8. The molecular weight excluding hydrogens is 384 g/mol. The van der Waals surface area contributed by atoms with E-state index in [1.165, 1.54) is 31.9 Å². The molecule has 0 aromatic heterocycles. The molecule has 3 aliphatic rings. The first kappa shape index (κ1) is 20.9. The molecule has 2 fully saturated rings. The van der Waals surface area contributed by atoms with Crippen molar-refractivity contribution in [1.82, 2.24) is 0 Å². The highest BCUT2D eigenvalue weighted by molar-refractivity contribution is 5.69. The van der Waals surface area contributed by atoms with E-state index in [0.717, 1.165) is 32.1 Å². The molecule has 6 nitrogen and oxygen atoms in total. The highest BCUT2D eigenvalue weighted by atomic mass is 16.6. The third kappa shape index (κ3) is 3.61. The molecule has 4 rings (SSSR count). The number of carbonyl (C=O) groups excluding carboxylic acids is 3.